The van der Waals surface area contributed by atoms with Crippen LogP contribution in [-0.2, 0) is 9.59 Å². The highest BCUT2D eigenvalue weighted by atomic mass is 19.1. The van der Waals surface area contributed by atoms with E-state index in [4.69, 9.17) is 0 Å². The van der Waals surface area contributed by atoms with E-state index in [2.05, 4.69) is 0 Å². The third kappa shape index (κ3) is 2.82. The van der Waals surface area contributed by atoms with Crippen LogP contribution in [0.15, 0.2) is 36.4 Å². The number of carbonyl (C=O) groups excluding carboxylic acids is 2. The van der Waals surface area contributed by atoms with E-state index in [1.807, 2.05) is 0 Å². The van der Waals surface area contributed by atoms with Crippen molar-refractivity contribution < 1.29 is 27.2 Å². The fraction of sp³-hybridized carbons (Fsp3) is 0.125. The Labute approximate surface area is 133 Å². The summed E-state index contributed by atoms with van der Waals surface area (Å²) >= 11 is 0. The second kappa shape index (κ2) is 5.95. The molecule has 0 spiro atoms. The third-order valence-electron chi connectivity index (χ3n) is 3.59. The largest absolute Gasteiger partial charge is 0.299 e. The van der Waals surface area contributed by atoms with Crippen molar-refractivity contribution in [2.45, 2.75) is 0 Å². The molecule has 0 aliphatic carbocycles. The van der Waals surface area contributed by atoms with Crippen molar-refractivity contribution in [1.82, 2.24) is 0 Å². The van der Waals surface area contributed by atoms with Crippen LogP contribution in [0.4, 0.5) is 28.9 Å². The summed E-state index contributed by atoms with van der Waals surface area (Å²) in [5.74, 6) is -4.97. The van der Waals surface area contributed by atoms with Gasteiger partial charge in [0.15, 0.2) is 0 Å². The van der Waals surface area contributed by atoms with E-state index < -0.39 is 48.2 Å². The molecule has 0 atom stereocenters. The van der Waals surface area contributed by atoms with Gasteiger partial charge in [-0.1, -0.05) is 0 Å². The first-order valence-electron chi connectivity index (χ1n) is 6.87. The van der Waals surface area contributed by atoms with Crippen molar-refractivity contribution in [2.24, 2.45) is 0 Å². The third-order valence-corrected chi connectivity index (χ3v) is 3.59. The summed E-state index contributed by atoms with van der Waals surface area (Å²) in [4.78, 5) is 26.1. The Morgan fingerprint density at radius 3 is 1.38 bits per heavy atom. The van der Waals surface area contributed by atoms with Crippen molar-refractivity contribution in [1.29, 1.82) is 0 Å². The summed E-state index contributed by atoms with van der Waals surface area (Å²) in [6.45, 7) is -1.09. The first-order valence-corrected chi connectivity index (χ1v) is 6.87. The molecule has 2 aromatic carbocycles. The Morgan fingerprint density at radius 2 is 1.04 bits per heavy atom. The number of anilines is 2. The summed E-state index contributed by atoms with van der Waals surface area (Å²) in [6.07, 6.45) is 0. The number of piperazine rings is 1. The van der Waals surface area contributed by atoms with Crippen molar-refractivity contribution in [3.8, 4) is 0 Å². The molecule has 2 aromatic rings. The minimum Gasteiger partial charge on any atom is -0.299 e. The minimum atomic E-state index is -0.988. The molecule has 1 aliphatic heterocycles. The Hall–Kier alpha value is -2.90. The predicted molar refractivity (Wildman–Crippen MR) is 77.4 cm³/mol. The van der Waals surface area contributed by atoms with E-state index in [0.29, 0.717) is 12.1 Å². The molecule has 0 N–H and O–H groups in total. The van der Waals surface area contributed by atoms with E-state index in [9.17, 15) is 27.2 Å². The molecule has 1 heterocycles. The van der Waals surface area contributed by atoms with Gasteiger partial charge < -0.3 is 0 Å². The quantitative estimate of drug-likeness (QED) is 0.790. The fourth-order valence-corrected chi connectivity index (χ4v) is 2.46. The molecule has 4 nitrogen and oxygen atoms in total. The Morgan fingerprint density at radius 1 is 0.667 bits per heavy atom. The van der Waals surface area contributed by atoms with Crippen LogP contribution in [0.3, 0.4) is 0 Å². The Kier molecular flexibility index (Phi) is 3.96. The summed E-state index contributed by atoms with van der Waals surface area (Å²) in [5, 5.41) is 0. The molecule has 1 saturated heterocycles. The second-order valence-electron chi connectivity index (χ2n) is 5.15. The summed E-state index contributed by atoms with van der Waals surface area (Å²) in [7, 11) is 0. The lowest BCUT2D eigenvalue weighted by atomic mass is 10.2. The van der Waals surface area contributed by atoms with Crippen LogP contribution in [0.1, 0.15) is 0 Å². The first kappa shape index (κ1) is 16.0. The second-order valence-corrected chi connectivity index (χ2v) is 5.15. The average Bonchev–Trinajstić information content (AvgIpc) is 2.50. The van der Waals surface area contributed by atoms with Gasteiger partial charge in [0.25, 0.3) is 0 Å². The van der Waals surface area contributed by atoms with Gasteiger partial charge in [-0.05, 0) is 24.3 Å². The van der Waals surface area contributed by atoms with E-state index in [1.54, 1.807) is 0 Å². The van der Waals surface area contributed by atoms with Crippen LogP contribution in [-0.4, -0.2) is 24.9 Å². The average molecular weight is 338 g/mol. The first-order chi connectivity index (χ1) is 11.4. The van der Waals surface area contributed by atoms with Crippen molar-refractivity contribution in [3.05, 3.63) is 59.7 Å². The molecule has 24 heavy (non-hydrogen) atoms. The maximum absolute atomic E-state index is 13.8. The molecule has 0 unspecified atom stereocenters. The van der Waals surface area contributed by atoms with Gasteiger partial charge in [0.2, 0.25) is 11.8 Å². The molecule has 0 aromatic heterocycles. The van der Waals surface area contributed by atoms with Crippen LogP contribution in [0, 0.1) is 23.3 Å². The number of amides is 2. The lowest BCUT2D eigenvalue weighted by Gasteiger charge is -2.34. The van der Waals surface area contributed by atoms with E-state index in [1.165, 1.54) is 0 Å². The zero-order valence-electron chi connectivity index (χ0n) is 12.1. The van der Waals surface area contributed by atoms with Gasteiger partial charge in [0, 0.05) is 12.1 Å². The van der Waals surface area contributed by atoms with Crippen LogP contribution >= 0.6 is 0 Å². The molecule has 1 fully saturated rings. The van der Waals surface area contributed by atoms with Crippen molar-refractivity contribution in [2.75, 3.05) is 22.9 Å². The van der Waals surface area contributed by atoms with Crippen LogP contribution < -0.4 is 9.80 Å². The zero-order valence-corrected chi connectivity index (χ0v) is 12.1. The number of hydrogen-bond donors (Lipinski definition) is 0. The number of nitrogens with zero attached hydrogens (tertiary/aromatic N) is 2. The van der Waals surface area contributed by atoms with Gasteiger partial charge in [-0.15, -0.1) is 0 Å². The highest BCUT2D eigenvalue weighted by Crippen LogP contribution is 2.26. The van der Waals surface area contributed by atoms with Crippen molar-refractivity contribution >= 4 is 23.2 Å². The molecular weight excluding hydrogens is 328 g/mol. The normalized spacial score (nSPS) is 15.2. The lowest BCUT2D eigenvalue weighted by molar-refractivity contribution is -0.125. The monoisotopic (exact) mass is 338 g/mol. The Balaban J connectivity index is 1.89. The molecule has 0 bridgehead atoms. The molecular formula is C16H10F4N2O2. The molecule has 2 amide bonds. The number of benzene rings is 2. The maximum Gasteiger partial charge on any atom is 0.247 e. The van der Waals surface area contributed by atoms with E-state index >= 15 is 0 Å². The maximum atomic E-state index is 13.8. The molecule has 0 radical (unpaired) electrons. The molecule has 3 rings (SSSR count). The number of rotatable bonds is 2. The van der Waals surface area contributed by atoms with Gasteiger partial charge in [-0.3, -0.25) is 19.4 Å². The predicted octanol–water partition coefficient (Wildman–Crippen LogP) is 2.62. The van der Waals surface area contributed by atoms with Gasteiger partial charge in [-0.2, -0.15) is 0 Å². The molecule has 1 aliphatic rings. The number of carbonyl (C=O) groups is 2. The minimum absolute atomic E-state index is 0.242. The van der Waals surface area contributed by atoms with Gasteiger partial charge in [-0.25, -0.2) is 17.6 Å². The van der Waals surface area contributed by atoms with Gasteiger partial charge in [0.1, 0.15) is 36.4 Å². The summed E-state index contributed by atoms with van der Waals surface area (Å²) < 4.78 is 53.5. The van der Waals surface area contributed by atoms with Crippen molar-refractivity contribution in [3.63, 3.8) is 0 Å². The summed E-state index contributed by atoms with van der Waals surface area (Å²) in [6, 6.07) is 5.20. The molecule has 0 saturated carbocycles. The lowest BCUT2D eigenvalue weighted by Crippen LogP contribution is -2.54. The van der Waals surface area contributed by atoms with Crippen LogP contribution in [0.2, 0.25) is 0 Å². The topological polar surface area (TPSA) is 40.6 Å². The van der Waals surface area contributed by atoms with Gasteiger partial charge >= 0.3 is 0 Å². The smallest absolute Gasteiger partial charge is 0.247 e. The highest BCUT2D eigenvalue weighted by molar-refractivity contribution is 6.12. The standard InChI is InChI=1S/C16H10F4N2O2/c17-9-1-3-13(11(19)5-9)21-7-16(24)22(8-15(21)23)14-4-2-10(18)6-12(14)20/h1-6H,7-8H2. The molecule has 124 valence electrons. The van der Waals surface area contributed by atoms with Gasteiger partial charge in [0.05, 0.1) is 11.4 Å². The molecule has 8 heteroatoms. The number of hydrogen-bond acceptors (Lipinski definition) is 2. The van der Waals surface area contributed by atoms with Crippen LogP contribution in [0.25, 0.3) is 0 Å². The SMILES string of the molecule is O=C1CN(c2ccc(F)cc2F)C(=O)CN1c1ccc(F)cc1F. The number of halogens is 4. The van der Waals surface area contributed by atoms with E-state index in [-0.39, 0.29) is 11.4 Å². The zero-order chi connectivity index (χ0) is 17.4. The van der Waals surface area contributed by atoms with Crippen LogP contribution in [0.5, 0.6) is 0 Å². The Bertz CT molecular complexity index is 771. The fourth-order valence-electron chi connectivity index (χ4n) is 2.46. The van der Waals surface area contributed by atoms with E-state index in [0.717, 1.165) is 34.1 Å². The highest BCUT2D eigenvalue weighted by Gasteiger charge is 2.34. The summed E-state index contributed by atoms with van der Waals surface area (Å²) in [5.41, 5.74) is -0.483.